The van der Waals surface area contributed by atoms with Gasteiger partial charge in [0, 0.05) is 0 Å². The highest BCUT2D eigenvalue weighted by Crippen LogP contribution is 2.26. The van der Waals surface area contributed by atoms with E-state index >= 15 is 0 Å². The Bertz CT molecular complexity index is 437. The van der Waals surface area contributed by atoms with Crippen molar-refractivity contribution in [3.63, 3.8) is 0 Å². The largest absolute Gasteiger partial charge is 0.464 e. The first-order chi connectivity index (χ1) is 7.74. The Hall–Kier alpha value is -1.82. The minimum atomic E-state index is -0.510. The first-order valence-corrected chi connectivity index (χ1v) is 4.93. The molecule has 0 unspecified atom stereocenters. The third-order valence-electron chi connectivity index (χ3n) is 2.46. The number of anilines is 1. The lowest BCUT2D eigenvalue weighted by molar-refractivity contribution is 0.0595. The number of nitrogen functional groups attached to an aromatic ring is 1. The summed E-state index contributed by atoms with van der Waals surface area (Å²) in [5, 5.41) is 6.62. The maximum Gasteiger partial charge on any atom is 0.358 e. The molecule has 1 aromatic heterocycles. The van der Waals surface area contributed by atoms with Gasteiger partial charge in [0.2, 0.25) is 0 Å². The van der Waals surface area contributed by atoms with E-state index in [1.54, 1.807) is 0 Å². The van der Waals surface area contributed by atoms with Gasteiger partial charge in [-0.25, -0.2) is 4.79 Å². The summed E-state index contributed by atoms with van der Waals surface area (Å²) >= 11 is 0. The van der Waals surface area contributed by atoms with Gasteiger partial charge >= 0.3 is 5.97 Å². The number of ether oxygens (including phenoxy) is 2. The van der Waals surface area contributed by atoms with Crippen LogP contribution in [0.2, 0.25) is 0 Å². The monoisotopic (exact) mass is 223 g/mol. The van der Waals surface area contributed by atoms with Crippen molar-refractivity contribution in [1.29, 1.82) is 0 Å². The zero-order valence-electron chi connectivity index (χ0n) is 8.95. The number of nitrogens with one attached hydrogen (secondary N) is 1. The summed E-state index contributed by atoms with van der Waals surface area (Å²) in [6, 6.07) is 0. The lowest BCUT2D eigenvalue weighted by atomic mass is 10.1. The molecule has 16 heavy (non-hydrogen) atoms. The third-order valence-corrected chi connectivity index (χ3v) is 2.46. The van der Waals surface area contributed by atoms with Gasteiger partial charge in [0.15, 0.2) is 5.69 Å². The number of aromatic amines is 1. The molecule has 0 amide bonds. The zero-order chi connectivity index (χ0) is 11.5. The predicted octanol–water partition coefficient (Wildman–Crippen LogP) is 0.582. The van der Waals surface area contributed by atoms with E-state index < -0.39 is 5.97 Å². The number of methoxy groups -OCH3 is 1. The van der Waals surface area contributed by atoms with Crippen LogP contribution in [0, 0.1) is 0 Å². The van der Waals surface area contributed by atoms with Crippen LogP contribution in [0.15, 0.2) is 6.08 Å². The van der Waals surface area contributed by atoms with Gasteiger partial charge < -0.3 is 15.2 Å². The highest BCUT2D eigenvalue weighted by Gasteiger charge is 2.20. The molecule has 2 rings (SSSR count). The van der Waals surface area contributed by atoms with Crippen molar-refractivity contribution in [2.45, 2.75) is 6.42 Å². The molecule has 0 atom stereocenters. The zero-order valence-corrected chi connectivity index (χ0v) is 8.95. The Labute approximate surface area is 92.4 Å². The summed E-state index contributed by atoms with van der Waals surface area (Å²) in [5.74, 6) is -0.510. The smallest absolute Gasteiger partial charge is 0.358 e. The number of hydrogen-bond acceptors (Lipinski definition) is 5. The summed E-state index contributed by atoms with van der Waals surface area (Å²) < 4.78 is 9.77. The van der Waals surface area contributed by atoms with Crippen LogP contribution in [-0.2, 0) is 9.47 Å². The van der Waals surface area contributed by atoms with E-state index in [-0.39, 0.29) is 5.69 Å². The molecule has 3 N–H and O–H groups in total. The first-order valence-electron chi connectivity index (χ1n) is 4.93. The number of rotatable bonds is 2. The summed E-state index contributed by atoms with van der Waals surface area (Å²) in [6.45, 7) is 1.20. The van der Waals surface area contributed by atoms with Crippen molar-refractivity contribution in [2.24, 2.45) is 0 Å². The molecule has 6 heteroatoms. The van der Waals surface area contributed by atoms with Crippen LogP contribution < -0.4 is 5.73 Å². The number of H-pyrrole nitrogens is 1. The van der Waals surface area contributed by atoms with Gasteiger partial charge in [0.25, 0.3) is 0 Å². The molecular weight excluding hydrogens is 210 g/mol. The quantitative estimate of drug-likeness (QED) is 0.716. The van der Waals surface area contributed by atoms with Crippen molar-refractivity contribution in [3.8, 4) is 0 Å². The highest BCUT2D eigenvalue weighted by atomic mass is 16.5. The average molecular weight is 223 g/mol. The molecule has 0 bridgehead atoms. The second-order valence-electron chi connectivity index (χ2n) is 3.41. The number of aromatic nitrogens is 2. The maximum absolute atomic E-state index is 11.3. The number of esters is 1. The second kappa shape index (κ2) is 4.36. The van der Waals surface area contributed by atoms with E-state index in [1.165, 1.54) is 7.11 Å². The van der Waals surface area contributed by atoms with E-state index in [0.717, 1.165) is 12.0 Å². The number of hydrogen-bond donors (Lipinski definition) is 2. The van der Waals surface area contributed by atoms with Crippen LogP contribution in [0.5, 0.6) is 0 Å². The van der Waals surface area contributed by atoms with Crippen LogP contribution in [0.1, 0.15) is 22.6 Å². The van der Waals surface area contributed by atoms with Crippen LogP contribution in [0.3, 0.4) is 0 Å². The molecule has 86 valence electrons. The summed E-state index contributed by atoms with van der Waals surface area (Å²) in [4.78, 5) is 11.3. The van der Waals surface area contributed by atoms with E-state index in [4.69, 9.17) is 10.5 Å². The van der Waals surface area contributed by atoms with Gasteiger partial charge in [0.1, 0.15) is 5.69 Å². The SMILES string of the molecule is COC(=O)c1[nH]nc(C2=CCOCC2)c1N. The molecule has 0 saturated carbocycles. The van der Waals surface area contributed by atoms with Crippen molar-refractivity contribution >= 4 is 17.2 Å². The predicted molar refractivity (Wildman–Crippen MR) is 57.8 cm³/mol. The van der Waals surface area contributed by atoms with Gasteiger partial charge in [-0.15, -0.1) is 0 Å². The highest BCUT2D eigenvalue weighted by molar-refractivity contribution is 5.95. The molecule has 2 heterocycles. The molecule has 0 aliphatic carbocycles. The molecule has 1 aromatic rings. The molecule has 0 fully saturated rings. The summed E-state index contributed by atoms with van der Waals surface area (Å²) in [7, 11) is 1.30. The molecule has 0 saturated heterocycles. The Balaban J connectivity index is 2.32. The molecule has 0 radical (unpaired) electrons. The van der Waals surface area contributed by atoms with Crippen LogP contribution >= 0.6 is 0 Å². The Morgan fingerprint density at radius 1 is 1.69 bits per heavy atom. The standard InChI is InChI=1S/C10H13N3O3/c1-15-10(14)9-7(11)8(12-13-9)6-2-4-16-5-3-6/h2H,3-5,11H2,1H3,(H,12,13). The summed E-state index contributed by atoms with van der Waals surface area (Å²) in [6.07, 6.45) is 2.66. The fraction of sp³-hybridized carbons (Fsp3) is 0.400. The Morgan fingerprint density at radius 3 is 3.12 bits per heavy atom. The number of carbonyl (C=O) groups is 1. The molecule has 1 aliphatic rings. The topological polar surface area (TPSA) is 90.2 Å². The van der Waals surface area contributed by atoms with E-state index in [9.17, 15) is 4.79 Å². The molecule has 0 spiro atoms. The minimum Gasteiger partial charge on any atom is -0.464 e. The average Bonchev–Trinajstić information content (AvgIpc) is 2.71. The number of nitrogens with zero attached hydrogens (tertiary/aromatic N) is 1. The number of nitrogens with two attached hydrogens (primary N) is 1. The first kappa shape index (κ1) is 10.7. The van der Waals surface area contributed by atoms with Gasteiger partial charge in [-0.05, 0) is 12.0 Å². The lowest BCUT2D eigenvalue weighted by Crippen LogP contribution is -2.07. The minimum absolute atomic E-state index is 0.199. The van der Waals surface area contributed by atoms with Gasteiger partial charge in [0.05, 0.1) is 26.0 Å². The van der Waals surface area contributed by atoms with Gasteiger partial charge in [-0.2, -0.15) is 5.10 Å². The van der Waals surface area contributed by atoms with Crippen LogP contribution in [-0.4, -0.2) is 36.5 Å². The van der Waals surface area contributed by atoms with Crippen molar-refractivity contribution < 1.29 is 14.3 Å². The maximum atomic E-state index is 11.3. The number of carbonyl (C=O) groups excluding carboxylic acids is 1. The van der Waals surface area contributed by atoms with Crippen molar-refractivity contribution in [1.82, 2.24) is 10.2 Å². The van der Waals surface area contributed by atoms with Crippen molar-refractivity contribution in [2.75, 3.05) is 26.1 Å². The third kappa shape index (κ3) is 1.79. The van der Waals surface area contributed by atoms with E-state index in [1.807, 2.05) is 6.08 Å². The van der Waals surface area contributed by atoms with E-state index in [2.05, 4.69) is 14.9 Å². The van der Waals surface area contributed by atoms with Crippen LogP contribution in [0.4, 0.5) is 5.69 Å². The fourth-order valence-corrected chi connectivity index (χ4v) is 1.60. The van der Waals surface area contributed by atoms with E-state index in [0.29, 0.717) is 24.6 Å². The van der Waals surface area contributed by atoms with Gasteiger partial charge in [-0.1, -0.05) is 6.08 Å². The Morgan fingerprint density at radius 2 is 2.50 bits per heavy atom. The summed E-state index contributed by atoms with van der Waals surface area (Å²) in [5.41, 5.74) is 7.98. The second-order valence-corrected chi connectivity index (χ2v) is 3.41. The normalized spacial score (nSPS) is 15.7. The Kier molecular flexibility index (Phi) is 2.91. The molecule has 1 aliphatic heterocycles. The molecular formula is C10H13N3O3. The molecule has 0 aromatic carbocycles. The lowest BCUT2D eigenvalue weighted by Gasteiger charge is -2.11. The van der Waals surface area contributed by atoms with Crippen molar-refractivity contribution in [3.05, 3.63) is 17.5 Å². The molecule has 6 nitrogen and oxygen atoms in total. The van der Waals surface area contributed by atoms with Crippen LogP contribution in [0.25, 0.3) is 5.57 Å². The fourth-order valence-electron chi connectivity index (χ4n) is 1.60. The van der Waals surface area contributed by atoms with Gasteiger partial charge in [-0.3, -0.25) is 5.10 Å².